The zero-order chi connectivity index (χ0) is 19.7. The van der Waals surface area contributed by atoms with E-state index in [0.717, 1.165) is 21.5 Å². The Morgan fingerprint density at radius 1 is 1.00 bits per heavy atom. The standard InChI is InChI=1S/C21H19NO5S/c23-19(22-16-9-10-28(25,26)13-16)12-27-21(24)20-17-7-3-1-5-14(17)11-15-6-2-4-8-18(15)20/h1-8,11,16H,9-10,12-13H2,(H,22,23)/t16-/m0/s1. The van der Waals surface area contributed by atoms with Gasteiger partial charge in [0.1, 0.15) is 0 Å². The van der Waals surface area contributed by atoms with Crippen molar-refractivity contribution in [2.45, 2.75) is 12.5 Å². The molecule has 1 aliphatic heterocycles. The first-order valence-corrected chi connectivity index (χ1v) is 10.8. The fraction of sp³-hybridized carbons (Fsp3) is 0.238. The van der Waals surface area contributed by atoms with Gasteiger partial charge >= 0.3 is 5.97 Å². The zero-order valence-electron chi connectivity index (χ0n) is 15.1. The smallest absolute Gasteiger partial charge is 0.339 e. The van der Waals surface area contributed by atoms with E-state index in [1.807, 2.05) is 54.6 Å². The second kappa shape index (κ2) is 7.24. The van der Waals surface area contributed by atoms with Crippen LogP contribution in [-0.4, -0.2) is 44.4 Å². The summed E-state index contributed by atoms with van der Waals surface area (Å²) in [7, 11) is -3.09. The van der Waals surface area contributed by atoms with Gasteiger partial charge in [-0.3, -0.25) is 4.79 Å². The van der Waals surface area contributed by atoms with Crippen LogP contribution in [0.2, 0.25) is 0 Å². The summed E-state index contributed by atoms with van der Waals surface area (Å²) in [4.78, 5) is 24.9. The Hall–Kier alpha value is -2.93. The quantitative estimate of drug-likeness (QED) is 0.540. The Labute approximate surface area is 162 Å². The Kier molecular flexibility index (Phi) is 4.77. The van der Waals surface area contributed by atoms with Gasteiger partial charge in [0.05, 0.1) is 17.1 Å². The summed E-state index contributed by atoms with van der Waals surface area (Å²) < 4.78 is 28.2. The van der Waals surface area contributed by atoms with Crippen molar-refractivity contribution in [3.05, 3.63) is 60.2 Å². The molecule has 7 heteroatoms. The number of rotatable bonds is 4. The summed E-state index contributed by atoms with van der Waals surface area (Å²) in [5.41, 5.74) is 0.421. The molecule has 0 unspecified atom stereocenters. The Balaban J connectivity index is 1.54. The maximum Gasteiger partial charge on any atom is 0.339 e. The molecule has 0 spiro atoms. The van der Waals surface area contributed by atoms with Gasteiger partial charge in [-0.15, -0.1) is 0 Å². The highest BCUT2D eigenvalue weighted by molar-refractivity contribution is 7.91. The van der Waals surface area contributed by atoms with Gasteiger partial charge in [0.25, 0.3) is 5.91 Å². The topological polar surface area (TPSA) is 89.5 Å². The van der Waals surface area contributed by atoms with Crippen LogP contribution in [-0.2, 0) is 19.4 Å². The molecule has 1 saturated heterocycles. The van der Waals surface area contributed by atoms with Crippen molar-refractivity contribution in [3.8, 4) is 0 Å². The van der Waals surface area contributed by atoms with Crippen LogP contribution < -0.4 is 5.32 Å². The number of hydrogen-bond acceptors (Lipinski definition) is 5. The van der Waals surface area contributed by atoms with E-state index in [1.165, 1.54) is 0 Å². The SMILES string of the molecule is O=C(COC(=O)c1c2ccccc2cc2ccccc12)N[C@H]1CCS(=O)(=O)C1. The first-order valence-electron chi connectivity index (χ1n) is 9.00. The van der Waals surface area contributed by atoms with Gasteiger partial charge in [-0.1, -0.05) is 48.5 Å². The van der Waals surface area contributed by atoms with Crippen molar-refractivity contribution >= 4 is 43.3 Å². The molecule has 1 N–H and O–H groups in total. The van der Waals surface area contributed by atoms with Gasteiger partial charge in [-0.05, 0) is 34.0 Å². The van der Waals surface area contributed by atoms with Crippen molar-refractivity contribution in [1.82, 2.24) is 5.32 Å². The number of carbonyl (C=O) groups is 2. The minimum Gasteiger partial charge on any atom is -0.452 e. The van der Waals surface area contributed by atoms with Gasteiger partial charge in [0.15, 0.2) is 16.4 Å². The predicted octanol–water partition coefficient (Wildman–Crippen LogP) is 2.45. The van der Waals surface area contributed by atoms with Crippen LogP contribution in [0.4, 0.5) is 0 Å². The molecule has 1 fully saturated rings. The van der Waals surface area contributed by atoms with Gasteiger partial charge in [-0.2, -0.15) is 0 Å². The minimum absolute atomic E-state index is 0.0688. The summed E-state index contributed by atoms with van der Waals surface area (Å²) >= 11 is 0. The second-order valence-electron chi connectivity index (χ2n) is 6.94. The molecular formula is C21H19NO5S. The molecule has 0 aliphatic carbocycles. The zero-order valence-corrected chi connectivity index (χ0v) is 15.9. The van der Waals surface area contributed by atoms with E-state index in [2.05, 4.69) is 5.32 Å². The Morgan fingerprint density at radius 3 is 2.18 bits per heavy atom. The molecule has 144 valence electrons. The summed E-state index contributed by atoms with van der Waals surface area (Å²) in [5, 5.41) is 5.96. The molecule has 1 atom stereocenters. The summed E-state index contributed by atoms with van der Waals surface area (Å²) in [6.45, 7) is -0.451. The second-order valence-corrected chi connectivity index (χ2v) is 9.17. The van der Waals surface area contributed by atoms with Gasteiger partial charge in [-0.25, -0.2) is 13.2 Å². The van der Waals surface area contributed by atoms with Crippen molar-refractivity contribution in [2.75, 3.05) is 18.1 Å². The first kappa shape index (κ1) is 18.4. The lowest BCUT2D eigenvalue weighted by molar-refractivity contribution is -0.124. The molecule has 3 aromatic rings. The number of sulfone groups is 1. The van der Waals surface area contributed by atoms with E-state index in [9.17, 15) is 18.0 Å². The van der Waals surface area contributed by atoms with E-state index >= 15 is 0 Å². The van der Waals surface area contributed by atoms with E-state index < -0.39 is 34.4 Å². The molecule has 0 aromatic heterocycles. The van der Waals surface area contributed by atoms with Gasteiger partial charge in [0.2, 0.25) is 0 Å². The van der Waals surface area contributed by atoms with Crippen LogP contribution in [0.5, 0.6) is 0 Å². The Morgan fingerprint density at radius 2 is 1.61 bits per heavy atom. The maximum absolute atomic E-state index is 12.8. The van der Waals surface area contributed by atoms with E-state index in [1.54, 1.807) is 0 Å². The average Bonchev–Trinajstić information content (AvgIpc) is 3.02. The summed E-state index contributed by atoms with van der Waals surface area (Å²) in [6.07, 6.45) is 0.385. The minimum atomic E-state index is -3.09. The molecule has 0 saturated carbocycles. The molecule has 1 heterocycles. The monoisotopic (exact) mass is 397 g/mol. The van der Waals surface area contributed by atoms with Crippen LogP contribution in [0, 0.1) is 0 Å². The van der Waals surface area contributed by atoms with Gasteiger partial charge < -0.3 is 10.1 Å². The van der Waals surface area contributed by atoms with Crippen LogP contribution in [0.15, 0.2) is 54.6 Å². The van der Waals surface area contributed by atoms with Crippen LogP contribution >= 0.6 is 0 Å². The lowest BCUT2D eigenvalue weighted by Crippen LogP contribution is -2.38. The fourth-order valence-electron chi connectivity index (χ4n) is 3.62. The average molecular weight is 397 g/mol. The van der Waals surface area contributed by atoms with E-state index in [4.69, 9.17) is 4.74 Å². The molecule has 1 amide bonds. The molecule has 3 aromatic carbocycles. The van der Waals surface area contributed by atoms with Crippen molar-refractivity contribution in [1.29, 1.82) is 0 Å². The van der Waals surface area contributed by atoms with Crippen LogP contribution in [0.1, 0.15) is 16.8 Å². The molecule has 1 aliphatic rings. The highest BCUT2D eigenvalue weighted by Crippen LogP contribution is 2.29. The maximum atomic E-state index is 12.8. The number of hydrogen-bond donors (Lipinski definition) is 1. The van der Waals surface area contributed by atoms with Crippen molar-refractivity contribution < 1.29 is 22.7 Å². The van der Waals surface area contributed by atoms with Gasteiger partial charge in [0, 0.05) is 6.04 Å². The number of amides is 1. The number of benzene rings is 3. The Bertz CT molecular complexity index is 1130. The van der Waals surface area contributed by atoms with Crippen LogP contribution in [0.3, 0.4) is 0 Å². The number of nitrogens with one attached hydrogen (secondary N) is 1. The molecule has 0 radical (unpaired) electrons. The number of esters is 1. The largest absolute Gasteiger partial charge is 0.452 e. The molecule has 0 bridgehead atoms. The van der Waals surface area contributed by atoms with Crippen molar-refractivity contribution in [2.24, 2.45) is 0 Å². The first-order chi connectivity index (χ1) is 13.4. The lowest BCUT2D eigenvalue weighted by atomic mass is 9.97. The highest BCUT2D eigenvalue weighted by atomic mass is 32.2. The fourth-order valence-corrected chi connectivity index (χ4v) is 5.29. The molecule has 6 nitrogen and oxygen atoms in total. The third kappa shape index (κ3) is 3.71. The molecular weight excluding hydrogens is 378 g/mol. The predicted molar refractivity (Wildman–Crippen MR) is 107 cm³/mol. The van der Waals surface area contributed by atoms with Crippen LogP contribution in [0.25, 0.3) is 21.5 Å². The number of carbonyl (C=O) groups excluding carboxylic acids is 2. The third-order valence-electron chi connectivity index (χ3n) is 4.91. The highest BCUT2D eigenvalue weighted by Gasteiger charge is 2.29. The molecule has 28 heavy (non-hydrogen) atoms. The number of fused-ring (bicyclic) bond motifs is 2. The van der Waals surface area contributed by atoms with Crippen molar-refractivity contribution in [3.63, 3.8) is 0 Å². The summed E-state index contributed by atoms with van der Waals surface area (Å²) in [6, 6.07) is 16.6. The van der Waals surface area contributed by atoms with E-state index in [0.29, 0.717) is 12.0 Å². The summed E-state index contributed by atoms with van der Waals surface area (Å²) in [5.74, 6) is -1.08. The molecule has 4 rings (SSSR count). The van der Waals surface area contributed by atoms with E-state index in [-0.39, 0.29) is 11.5 Å². The lowest BCUT2D eigenvalue weighted by Gasteiger charge is -2.13. The number of ether oxygens (including phenoxy) is 1. The third-order valence-corrected chi connectivity index (χ3v) is 6.68. The normalized spacial score (nSPS) is 18.2.